The van der Waals surface area contributed by atoms with Crippen molar-refractivity contribution in [1.82, 2.24) is 10.6 Å². The lowest BCUT2D eigenvalue weighted by Gasteiger charge is -2.12. The van der Waals surface area contributed by atoms with Crippen LogP contribution >= 0.6 is 0 Å². The summed E-state index contributed by atoms with van der Waals surface area (Å²) in [5.74, 6) is 3.13. The molecule has 4 nitrogen and oxygen atoms in total. The van der Waals surface area contributed by atoms with Gasteiger partial charge in [0, 0.05) is 18.7 Å². The Balaban J connectivity index is 1.55. The second-order valence-electron chi connectivity index (χ2n) is 6.40. The third-order valence-electron chi connectivity index (χ3n) is 4.63. The van der Waals surface area contributed by atoms with Crippen LogP contribution in [0.2, 0.25) is 0 Å². The maximum atomic E-state index is 5.40. The lowest BCUT2D eigenvalue weighted by molar-refractivity contribution is 0.410. The fourth-order valence-electron chi connectivity index (χ4n) is 3.15. The summed E-state index contributed by atoms with van der Waals surface area (Å²) in [5.41, 5.74) is 2.54. The van der Waals surface area contributed by atoms with Crippen molar-refractivity contribution in [1.29, 1.82) is 0 Å². The molecule has 1 fully saturated rings. The first-order valence-corrected chi connectivity index (χ1v) is 9.00. The van der Waals surface area contributed by atoms with Crippen LogP contribution in [0.1, 0.15) is 30.4 Å². The number of nitrogens with one attached hydrogen (secondary N) is 2. The summed E-state index contributed by atoms with van der Waals surface area (Å²) in [7, 11) is 1.70. The Kier molecular flexibility index (Phi) is 5.94. The molecule has 2 N–H and O–H groups in total. The molecule has 1 saturated carbocycles. The van der Waals surface area contributed by atoms with Crippen molar-refractivity contribution in [3.63, 3.8) is 0 Å². The fourth-order valence-corrected chi connectivity index (χ4v) is 3.15. The first-order chi connectivity index (χ1) is 12.3. The molecular formula is C21H27N3O. The lowest BCUT2D eigenvalue weighted by atomic mass is 10.1. The smallest absolute Gasteiger partial charge is 0.191 e. The van der Waals surface area contributed by atoms with Crippen LogP contribution in [0.5, 0.6) is 5.75 Å². The summed E-state index contributed by atoms with van der Waals surface area (Å²) in [5, 5.41) is 6.81. The molecule has 0 heterocycles. The number of methoxy groups -OCH3 is 1. The molecule has 3 rings (SSSR count). The van der Waals surface area contributed by atoms with Crippen molar-refractivity contribution in [2.75, 3.05) is 20.2 Å². The highest BCUT2D eigenvalue weighted by atomic mass is 16.5. The zero-order valence-corrected chi connectivity index (χ0v) is 15.0. The van der Waals surface area contributed by atoms with Crippen molar-refractivity contribution >= 4 is 5.96 Å². The van der Waals surface area contributed by atoms with E-state index in [2.05, 4.69) is 54.0 Å². The lowest BCUT2D eigenvalue weighted by Crippen LogP contribution is -2.38. The predicted octanol–water partition coefficient (Wildman–Crippen LogP) is 3.55. The second-order valence-corrected chi connectivity index (χ2v) is 6.40. The Morgan fingerprint density at radius 3 is 2.60 bits per heavy atom. The summed E-state index contributed by atoms with van der Waals surface area (Å²) in [6.45, 7) is 4.50. The quantitative estimate of drug-likeness (QED) is 0.600. The monoisotopic (exact) mass is 337 g/mol. The van der Waals surface area contributed by atoms with Gasteiger partial charge in [-0.05, 0) is 36.8 Å². The molecule has 0 bridgehead atoms. The second kappa shape index (κ2) is 8.56. The normalized spacial score (nSPS) is 19.4. The third kappa shape index (κ3) is 4.75. The van der Waals surface area contributed by atoms with Gasteiger partial charge in [-0.3, -0.25) is 0 Å². The minimum absolute atomic E-state index is 0.603. The summed E-state index contributed by atoms with van der Waals surface area (Å²) in [6.07, 6.45) is 1.25. The van der Waals surface area contributed by atoms with E-state index in [4.69, 9.17) is 9.73 Å². The number of nitrogens with zero attached hydrogens (tertiary/aromatic N) is 1. The van der Waals surface area contributed by atoms with Crippen molar-refractivity contribution in [3.05, 3.63) is 65.7 Å². The zero-order chi connectivity index (χ0) is 17.5. The minimum atomic E-state index is 0.603. The van der Waals surface area contributed by atoms with Crippen LogP contribution in [0.25, 0.3) is 0 Å². The van der Waals surface area contributed by atoms with Crippen molar-refractivity contribution in [3.8, 4) is 5.75 Å². The Morgan fingerprint density at radius 1 is 1.08 bits per heavy atom. The largest absolute Gasteiger partial charge is 0.496 e. The molecule has 1 aliphatic rings. The van der Waals surface area contributed by atoms with Gasteiger partial charge >= 0.3 is 0 Å². The summed E-state index contributed by atoms with van der Waals surface area (Å²) in [4.78, 5) is 4.70. The first-order valence-electron chi connectivity index (χ1n) is 9.00. The average Bonchev–Trinajstić information content (AvgIpc) is 3.44. The van der Waals surface area contributed by atoms with Crippen molar-refractivity contribution < 1.29 is 4.74 Å². The van der Waals surface area contributed by atoms with Gasteiger partial charge in [-0.25, -0.2) is 4.99 Å². The molecule has 0 amide bonds. The van der Waals surface area contributed by atoms with E-state index in [0.29, 0.717) is 18.4 Å². The Hall–Kier alpha value is -2.49. The number of para-hydroxylation sites is 1. The van der Waals surface area contributed by atoms with E-state index in [-0.39, 0.29) is 0 Å². The van der Waals surface area contributed by atoms with E-state index in [1.54, 1.807) is 7.11 Å². The van der Waals surface area contributed by atoms with Gasteiger partial charge in [0.2, 0.25) is 0 Å². The molecule has 2 aromatic carbocycles. The number of benzene rings is 2. The Morgan fingerprint density at radius 2 is 1.84 bits per heavy atom. The highest BCUT2D eigenvalue weighted by Crippen LogP contribution is 2.46. The molecule has 0 saturated heterocycles. The van der Waals surface area contributed by atoms with Gasteiger partial charge in [0.05, 0.1) is 13.7 Å². The van der Waals surface area contributed by atoms with Gasteiger partial charge in [-0.1, -0.05) is 48.5 Å². The topological polar surface area (TPSA) is 45.7 Å². The van der Waals surface area contributed by atoms with Crippen LogP contribution in [0.4, 0.5) is 0 Å². The number of hydrogen-bond donors (Lipinski definition) is 2. The van der Waals surface area contributed by atoms with Crippen LogP contribution in [-0.2, 0) is 6.54 Å². The molecule has 0 spiro atoms. The molecule has 2 aromatic rings. The minimum Gasteiger partial charge on any atom is -0.496 e. The Labute approximate surface area is 150 Å². The number of hydrogen-bond acceptors (Lipinski definition) is 2. The maximum absolute atomic E-state index is 5.40. The Bertz CT molecular complexity index is 699. The van der Waals surface area contributed by atoms with Crippen LogP contribution in [-0.4, -0.2) is 26.2 Å². The highest BCUT2D eigenvalue weighted by Gasteiger charge is 2.37. The molecule has 0 radical (unpaired) electrons. The van der Waals surface area contributed by atoms with Gasteiger partial charge in [-0.15, -0.1) is 0 Å². The van der Waals surface area contributed by atoms with E-state index in [1.165, 1.54) is 12.0 Å². The molecular weight excluding hydrogens is 310 g/mol. The first kappa shape index (κ1) is 17.3. The number of ether oxygens (including phenoxy) is 1. The molecule has 0 aliphatic heterocycles. The van der Waals surface area contributed by atoms with Crippen LogP contribution in [0, 0.1) is 5.92 Å². The molecule has 0 aromatic heterocycles. The third-order valence-corrected chi connectivity index (χ3v) is 4.63. The van der Waals surface area contributed by atoms with Crippen LogP contribution in [0.15, 0.2) is 59.6 Å². The molecule has 132 valence electrons. The molecule has 4 heteroatoms. The molecule has 1 aliphatic carbocycles. The van der Waals surface area contributed by atoms with Gasteiger partial charge in [0.25, 0.3) is 0 Å². The average molecular weight is 337 g/mol. The van der Waals surface area contributed by atoms with Crippen molar-refractivity contribution in [2.24, 2.45) is 10.9 Å². The molecule has 25 heavy (non-hydrogen) atoms. The van der Waals surface area contributed by atoms with E-state index in [1.807, 2.05) is 18.2 Å². The summed E-state index contributed by atoms with van der Waals surface area (Å²) >= 11 is 0. The predicted molar refractivity (Wildman–Crippen MR) is 103 cm³/mol. The highest BCUT2D eigenvalue weighted by molar-refractivity contribution is 5.79. The van der Waals surface area contributed by atoms with E-state index in [0.717, 1.165) is 30.4 Å². The standard InChI is InChI=1S/C21H27N3O/c1-3-22-21(23-14-17-11-7-8-12-20(17)25-2)24-15-18-13-19(18)16-9-5-4-6-10-16/h4-12,18-19H,3,13-15H2,1-2H3,(H2,22,23,24). The molecule has 2 unspecified atom stereocenters. The van der Waals surface area contributed by atoms with Crippen LogP contribution < -0.4 is 15.4 Å². The van der Waals surface area contributed by atoms with Gasteiger partial charge < -0.3 is 15.4 Å². The van der Waals surface area contributed by atoms with Gasteiger partial charge in [-0.2, -0.15) is 0 Å². The number of aliphatic imine (C=N–C) groups is 1. The van der Waals surface area contributed by atoms with E-state index < -0.39 is 0 Å². The number of rotatable bonds is 7. The van der Waals surface area contributed by atoms with Crippen molar-refractivity contribution in [2.45, 2.75) is 25.8 Å². The molecule has 2 atom stereocenters. The van der Waals surface area contributed by atoms with Gasteiger partial charge in [0.1, 0.15) is 5.75 Å². The van der Waals surface area contributed by atoms with E-state index in [9.17, 15) is 0 Å². The van der Waals surface area contributed by atoms with Gasteiger partial charge in [0.15, 0.2) is 5.96 Å². The number of guanidine groups is 1. The van der Waals surface area contributed by atoms with E-state index >= 15 is 0 Å². The summed E-state index contributed by atoms with van der Waals surface area (Å²) in [6, 6.07) is 18.8. The van der Waals surface area contributed by atoms with Crippen LogP contribution in [0.3, 0.4) is 0 Å². The fraction of sp³-hybridized carbons (Fsp3) is 0.381. The summed E-state index contributed by atoms with van der Waals surface area (Å²) < 4.78 is 5.40. The zero-order valence-electron chi connectivity index (χ0n) is 15.0. The maximum Gasteiger partial charge on any atom is 0.191 e. The SMILES string of the molecule is CCNC(=NCc1ccccc1OC)NCC1CC1c1ccccc1.